The van der Waals surface area contributed by atoms with Gasteiger partial charge in [0.2, 0.25) is 0 Å². The molecule has 15 heavy (non-hydrogen) atoms. The number of benzene rings is 2. The van der Waals surface area contributed by atoms with Crippen LogP contribution in [0, 0.1) is 0 Å². The number of fused-ring (bicyclic) bond motifs is 1. The Labute approximate surface area is 88.4 Å². The van der Waals surface area contributed by atoms with Crippen molar-refractivity contribution >= 4 is 10.8 Å². The number of methoxy groups -OCH3 is 1. The van der Waals surface area contributed by atoms with E-state index >= 15 is 0 Å². The zero-order valence-electron chi connectivity index (χ0n) is 8.57. The normalized spacial score (nSPS) is 19.1. The highest BCUT2D eigenvalue weighted by Gasteiger charge is 2.24. The molecule has 1 saturated heterocycles. The van der Waals surface area contributed by atoms with Crippen molar-refractivity contribution < 1.29 is 9.47 Å². The van der Waals surface area contributed by atoms with E-state index in [4.69, 9.17) is 9.47 Å². The zero-order chi connectivity index (χ0) is 10.3. The monoisotopic (exact) mass is 200 g/mol. The third-order valence-electron chi connectivity index (χ3n) is 2.78. The molecule has 0 bridgehead atoms. The molecule has 0 aliphatic carbocycles. The topological polar surface area (TPSA) is 21.8 Å². The van der Waals surface area contributed by atoms with Crippen molar-refractivity contribution in [3.8, 4) is 5.75 Å². The van der Waals surface area contributed by atoms with Crippen LogP contribution in [0.2, 0.25) is 0 Å². The molecule has 1 aliphatic heterocycles. The van der Waals surface area contributed by atoms with Crippen LogP contribution in [0.1, 0.15) is 11.7 Å². The first-order chi connectivity index (χ1) is 7.36. The van der Waals surface area contributed by atoms with Gasteiger partial charge in [-0.1, -0.05) is 18.2 Å². The van der Waals surface area contributed by atoms with E-state index < -0.39 is 0 Å². The number of epoxide rings is 1. The van der Waals surface area contributed by atoms with Gasteiger partial charge >= 0.3 is 0 Å². The van der Waals surface area contributed by atoms with E-state index in [1.54, 1.807) is 7.11 Å². The number of hydrogen-bond donors (Lipinski definition) is 0. The quantitative estimate of drug-likeness (QED) is 0.695. The average Bonchev–Trinajstić information content (AvgIpc) is 3.11. The van der Waals surface area contributed by atoms with Gasteiger partial charge in [-0.2, -0.15) is 0 Å². The lowest BCUT2D eigenvalue weighted by Gasteiger charge is -2.03. The van der Waals surface area contributed by atoms with Crippen LogP contribution in [0.4, 0.5) is 0 Å². The lowest BCUT2D eigenvalue weighted by Crippen LogP contribution is -1.84. The van der Waals surface area contributed by atoms with Crippen LogP contribution in [-0.2, 0) is 4.74 Å². The third-order valence-corrected chi connectivity index (χ3v) is 2.78. The Balaban J connectivity index is 2.11. The number of hydrogen-bond acceptors (Lipinski definition) is 2. The highest BCUT2D eigenvalue weighted by Crippen LogP contribution is 2.32. The molecule has 2 nitrogen and oxygen atoms in total. The van der Waals surface area contributed by atoms with E-state index in [9.17, 15) is 0 Å². The smallest absolute Gasteiger partial charge is 0.119 e. The van der Waals surface area contributed by atoms with Crippen molar-refractivity contribution in [2.45, 2.75) is 6.10 Å². The largest absolute Gasteiger partial charge is 0.497 e. The Morgan fingerprint density at radius 3 is 2.60 bits per heavy atom. The summed E-state index contributed by atoms with van der Waals surface area (Å²) in [5.41, 5.74) is 1.27. The Morgan fingerprint density at radius 1 is 1.13 bits per heavy atom. The maximum atomic E-state index is 5.26. The molecule has 2 aromatic carbocycles. The van der Waals surface area contributed by atoms with Crippen LogP contribution < -0.4 is 4.74 Å². The van der Waals surface area contributed by atoms with Gasteiger partial charge in [-0.15, -0.1) is 0 Å². The van der Waals surface area contributed by atoms with Crippen molar-refractivity contribution in [2.75, 3.05) is 13.7 Å². The van der Waals surface area contributed by atoms with E-state index in [2.05, 4.69) is 24.3 Å². The van der Waals surface area contributed by atoms with Crippen LogP contribution in [-0.4, -0.2) is 13.7 Å². The SMILES string of the molecule is COc1ccc2cc([C@@H]3CO3)ccc2c1. The third kappa shape index (κ3) is 1.57. The first-order valence-corrected chi connectivity index (χ1v) is 5.06. The minimum Gasteiger partial charge on any atom is -0.497 e. The first-order valence-electron chi connectivity index (χ1n) is 5.06. The fourth-order valence-corrected chi connectivity index (χ4v) is 1.81. The molecule has 3 rings (SSSR count). The van der Waals surface area contributed by atoms with Gasteiger partial charge in [0.05, 0.1) is 13.7 Å². The summed E-state index contributed by atoms with van der Waals surface area (Å²) in [6.07, 6.45) is 0.330. The molecular weight excluding hydrogens is 188 g/mol. The molecule has 0 N–H and O–H groups in total. The summed E-state index contributed by atoms with van der Waals surface area (Å²) in [4.78, 5) is 0. The Morgan fingerprint density at radius 2 is 1.87 bits per heavy atom. The molecule has 1 fully saturated rings. The number of ether oxygens (including phenoxy) is 2. The molecule has 0 amide bonds. The van der Waals surface area contributed by atoms with Gasteiger partial charge < -0.3 is 9.47 Å². The standard InChI is InChI=1S/C13H12O2/c1-14-12-5-4-9-6-11(13-8-15-13)3-2-10(9)7-12/h2-7,13H,8H2,1H3/t13-/m0/s1. The van der Waals surface area contributed by atoms with Crippen LogP contribution in [0.15, 0.2) is 36.4 Å². The Kier molecular flexibility index (Phi) is 1.89. The first kappa shape index (κ1) is 8.74. The average molecular weight is 200 g/mol. The van der Waals surface area contributed by atoms with E-state index in [1.165, 1.54) is 16.3 Å². The molecule has 0 radical (unpaired) electrons. The van der Waals surface area contributed by atoms with Crippen LogP contribution in [0.25, 0.3) is 10.8 Å². The highest BCUT2D eigenvalue weighted by atomic mass is 16.6. The van der Waals surface area contributed by atoms with E-state index in [0.29, 0.717) is 6.10 Å². The minimum atomic E-state index is 0.330. The van der Waals surface area contributed by atoms with Gasteiger partial charge in [-0.05, 0) is 34.5 Å². The van der Waals surface area contributed by atoms with Gasteiger partial charge in [-0.3, -0.25) is 0 Å². The Bertz CT molecular complexity index is 501. The Hall–Kier alpha value is -1.54. The lowest BCUT2D eigenvalue weighted by atomic mass is 10.1. The minimum absolute atomic E-state index is 0.330. The van der Waals surface area contributed by atoms with Crippen molar-refractivity contribution in [1.29, 1.82) is 0 Å². The molecule has 2 aromatic rings. The van der Waals surface area contributed by atoms with Gasteiger partial charge in [0, 0.05) is 0 Å². The van der Waals surface area contributed by atoms with E-state index in [1.807, 2.05) is 12.1 Å². The molecule has 76 valence electrons. The summed E-state index contributed by atoms with van der Waals surface area (Å²) >= 11 is 0. The fraction of sp³-hybridized carbons (Fsp3) is 0.231. The van der Waals surface area contributed by atoms with Crippen LogP contribution >= 0.6 is 0 Å². The predicted octanol–water partition coefficient (Wildman–Crippen LogP) is 2.92. The van der Waals surface area contributed by atoms with Crippen LogP contribution in [0.5, 0.6) is 5.75 Å². The molecular formula is C13H12O2. The summed E-state index contributed by atoms with van der Waals surface area (Å²) in [5.74, 6) is 0.901. The second kappa shape index (κ2) is 3.24. The van der Waals surface area contributed by atoms with Crippen molar-refractivity contribution in [3.63, 3.8) is 0 Å². The molecule has 0 unspecified atom stereocenters. The zero-order valence-corrected chi connectivity index (χ0v) is 8.57. The summed E-state index contributed by atoms with van der Waals surface area (Å²) in [5, 5.41) is 2.45. The van der Waals surface area contributed by atoms with Crippen molar-refractivity contribution in [3.05, 3.63) is 42.0 Å². The summed E-state index contributed by atoms with van der Waals surface area (Å²) < 4.78 is 10.5. The van der Waals surface area contributed by atoms with Crippen molar-refractivity contribution in [2.24, 2.45) is 0 Å². The number of rotatable bonds is 2. The molecule has 0 aromatic heterocycles. The molecule has 1 aliphatic rings. The van der Waals surface area contributed by atoms with Crippen molar-refractivity contribution in [1.82, 2.24) is 0 Å². The summed E-state index contributed by atoms with van der Waals surface area (Å²) in [6, 6.07) is 12.5. The van der Waals surface area contributed by atoms with Gasteiger partial charge in [0.25, 0.3) is 0 Å². The summed E-state index contributed by atoms with van der Waals surface area (Å²) in [6.45, 7) is 0.863. The highest BCUT2D eigenvalue weighted by molar-refractivity contribution is 5.84. The maximum Gasteiger partial charge on any atom is 0.119 e. The predicted molar refractivity (Wildman–Crippen MR) is 59.2 cm³/mol. The maximum absolute atomic E-state index is 5.26. The summed E-state index contributed by atoms with van der Waals surface area (Å²) in [7, 11) is 1.69. The lowest BCUT2D eigenvalue weighted by molar-refractivity contribution is 0.415. The van der Waals surface area contributed by atoms with Gasteiger partial charge in [-0.25, -0.2) is 0 Å². The molecule has 0 saturated carbocycles. The van der Waals surface area contributed by atoms with Gasteiger partial charge in [0.1, 0.15) is 11.9 Å². The van der Waals surface area contributed by atoms with E-state index in [0.717, 1.165) is 12.4 Å². The fourth-order valence-electron chi connectivity index (χ4n) is 1.81. The van der Waals surface area contributed by atoms with Crippen LogP contribution in [0.3, 0.4) is 0 Å². The molecule has 1 heterocycles. The van der Waals surface area contributed by atoms with E-state index in [-0.39, 0.29) is 0 Å². The molecule has 1 atom stereocenters. The second-order valence-electron chi connectivity index (χ2n) is 3.79. The molecule has 2 heteroatoms. The van der Waals surface area contributed by atoms with Gasteiger partial charge in [0.15, 0.2) is 0 Å². The second-order valence-corrected chi connectivity index (χ2v) is 3.79. The molecule has 0 spiro atoms.